The van der Waals surface area contributed by atoms with E-state index < -0.39 is 69.7 Å². The van der Waals surface area contributed by atoms with Gasteiger partial charge in [-0.2, -0.15) is 0 Å². The van der Waals surface area contributed by atoms with Crippen LogP contribution in [-0.4, -0.2) is 99.7 Å². The van der Waals surface area contributed by atoms with Gasteiger partial charge in [-0.25, -0.2) is 4.79 Å². The van der Waals surface area contributed by atoms with E-state index in [9.17, 15) is 35.1 Å². The van der Waals surface area contributed by atoms with Gasteiger partial charge in [0.2, 0.25) is 0 Å². The van der Waals surface area contributed by atoms with Gasteiger partial charge in [0.05, 0.1) is 23.2 Å². The lowest BCUT2D eigenvalue weighted by atomic mass is 9.35. The molecule has 0 aromatic heterocycles. The van der Waals surface area contributed by atoms with Gasteiger partial charge in [0.25, 0.3) is 0 Å². The van der Waals surface area contributed by atoms with E-state index in [1.54, 1.807) is 13.2 Å². The SMILES string of the molecule is COCCCNCC1=C[C@@H]2C[C@]3(O)[C@]4(O)[C@@H](O)[C@H]5C[C@H]([C@@H](C)C6CCCC6)CC[C@H]6[C@@H](O)CC[C@](C=O)([C@H]4CC[C@]3(C)[C@H]2C2=CC(=O)O[C@@H]12)[C@]56O. The summed E-state index contributed by atoms with van der Waals surface area (Å²) in [5.41, 5.74) is -6.33. The van der Waals surface area contributed by atoms with Crippen LogP contribution >= 0.6 is 0 Å². The van der Waals surface area contributed by atoms with E-state index in [-0.39, 0.29) is 30.6 Å². The molecule has 0 radical (unpaired) electrons. The molecule has 1 aliphatic heterocycles. The van der Waals surface area contributed by atoms with Crippen LogP contribution in [0.3, 0.4) is 0 Å². The third kappa shape index (κ3) is 4.72. The van der Waals surface area contributed by atoms with Gasteiger partial charge >= 0.3 is 5.97 Å². The molecule has 15 atom stereocenters. The van der Waals surface area contributed by atoms with E-state index in [0.29, 0.717) is 57.1 Å². The number of hydrogen-bond donors (Lipinski definition) is 6. The Morgan fingerprint density at radius 2 is 1.78 bits per heavy atom. The number of allylic oxidation sites excluding steroid dienone is 1. The molecule has 1 heterocycles. The number of carbonyl (C=O) groups excluding carboxylic acids is 2. The zero-order chi connectivity index (χ0) is 36.1. The number of hydrogen-bond acceptors (Lipinski definition) is 10. The second-order valence-electron chi connectivity index (χ2n) is 18.5. The van der Waals surface area contributed by atoms with Crippen LogP contribution in [-0.2, 0) is 19.1 Å². The summed E-state index contributed by atoms with van der Waals surface area (Å²) in [5.74, 6) is -2.35. The first-order valence-corrected chi connectivity index (χ1v) is 20.1. The quantitative estimate of drug-likeness (QED) is 0.0906. The summed E-state index contributed by atoms with van der Waals surface area (Å²) in [7, 11) is 1.67. The van der Waals surface area contributed by atoms with Crippen LogP contribution in [0, 0.1) is 58.2 Å². The summed E-state index contributed by atoms with van der Waals surface area (Å²) in [6.45, 7) is 6.13. The number of ether oxygens (including phenoxy) is 2. The Morgan fingerprint density at radius 3 is 2.51 bits per heavy atom. The molecule has 6 fully saturated rings. The van der Waals surface area contributed by atoms with Crippen molar-refractivity contribution >= 4 is 12.3 Å². The number of fused-ring (bicyclic) bond motifs is 8. The maximum absolute atomic E-state index is 13.8. The minimum absolute atomic E-state index is 0.143. The Bertz CT molecular complexity index is 1460. The Labute approximate surface area is 302 Å². The van der Waals surface area contributed by atoms with Crippen molar-refractivity contribution in [2.75, 3.05) is 26.8 Å². The van der Waals surface area contributed by atoms with Crippen molar-refractivity contribution in [2.24, 2.45) is 58.2 Å². The van der Waals surface area contributed by atoms with Gasteiger partial charge in [0.1, 0.15) is 23.6 Å². The minimum atomic E-state index is -2.11. The molecule has 0 aromatic rings. The Balaban J connectivity index is 1.21. The standard InChI is InChI=1S/C41H61NO9/c1-23(24-7-4-5-8-24)25-9-10-29-31(44)11-14-38(22-43)32-12-13-37(2)34-26(20-39(37,47)41(32,49)36(46)30(18-25)40(29,38)48)17-27(21-42-15-6-16-50-3)35-28(34)19-33(45)51-35/h17,19,22-26,29-32,34-36,42,44,46-49H,4-16,18,20-21H2,1-3H3/t23-,25+,26+,29-,30+,31-,32+,34+,35-,36-,37+,38-,39+,40+,41+/m0/s1. The Kier molecular flexibility index (Phi) is 9.05. The Hall–Kier alpha value is -1.66. The highest BCUT2D eigenvalue weighted by atomic mass is 16.5. The summed E-state index contributed by atoms with van der Waals surface area (Å²) in [5, 5.41) is 68.1. The molecule has 10 heteroatoms. The number of aliphatic hydroxyl groups is 5. The lowest BCUT2D eigenvalue weighted by molar-refractivity contribution is -0.373. The number of methoxy groups -OCH3 is 1. The number of esters is 1. The predicted octanol–water partition coefficient (Wildman–Crippen LogP) is 3.22. The number of nitrogens with one attached hydrogen (secondary N) is 1. The average molecular weight is 712 g/mol. The van der Waals surface area contributed by atoms with E-state index in [0.717, 1.165) is 49.7 Å². The average Bonchev–Trinajstić information content (AvgIpc) is 3.80. The molecule has 0 amide bonds. The van der Waals surface area contributed by atoms with Gasteiger partial charge in [-0.15, -0.1) is 0 Å². The van der Waals surface area contributed by atoms with Gasteiger partial charge < -0.3 is 45.1 Å². The molecule has 0 aromatic carbocycles. The molecule has 8 rings (SSSR count). The molecule has 0 unspecified atom stereocenters. The molecule has 6 N–H and O–H groups in total. The Morgan fingerprint density at radius 1 is 1.02 bits per heavy atom. The number of aliphatic hydroxyl groups excluding tert-OH is 2. The molecule has 7 aliphatic carbocycles. The van der Waals surface area contributed by atoms with Crippen LogP contribution in [0.25, 0.3) is 0 Å². The van der Waals surface area contributed by atoms with Crippen LogP contribution in [0.4, 0.5) is 0 Å². The largest absolute Gasteiger partial charge is 0.450 e. The lowest BCUT2D eigenvalue weighted by Crippen LogP contribution is -2.85. The normalized spacial score (nSPS) is 50.8. The van der Waals surface area contributed by atoms with Crippen molar-refractivity contribution in [1.29, 1.82) is 0 Å². The van der Waals surface area contributed by atoms with Gasteiger partial charge in [0.15, 0.2) is 0 Å². The van der Waals surface area contributed by atoms with E-state index in [4.69, 9.17) is 9.47 Å². The maximum Gasteiger partial charge on any atom is 0.331 e. The smallest absolute Gasteiger partial charge is 0.331 e. The molecule has 284 valence electrons. The highest BCUT2D eigenvalue weighted by Crippen LogP contribution is 2.76. The molecular formula is C41H61NO9. The van der Waals surface area contributed by atoms with Crippen molar-refractivity contribution in [1.82, 2.24) is 5.32 Å². The summed E-state index contributed by atoms with van der Waals surface area (Å²) >= 11 is 0. The molecule has 51 heavy (non-hydrogen) atoms. The fraction of sp³-hybridized carbons (Fsp3) is 0.854. The van der Waals surface area contributed by atoms with Gasteiger partial charge in [-0.1, -0.05) is 45.6 Å². The minimum Gasteiger partial charge on any atom is -0.450 e. The molecular weight excluding hydrogens is 650 g/mol. The number of aldehydes is 1. The first-order chi connectivity index (χ1) is 24.3. The molecule has 0 spiro atoms. The predicted molar refractivity (Wildman–Crippen MR) is 188 cm³/mol. The fourth-order valence-corrected chi connectivity index (χ4v) is 14.5. The van der Waals surface area contributed by atoms with E-state index >= 15 is 0 Å². The van der Waals surface area contributed by atoms with Crippen LogP contribution in [0.1, 0.15) is 97.3 Å². The van der Waals surface area contributed by atoms with Crippen molar-refractivity contribution in [2.45, 2.75) is 132 Å². The van der Waals surface area contributed by atoms with Gasteiger partial charge in [-0.05, 0) is 105 Å². The van der Waals surface area contributed by atoms with Crippen LogP contribution in [0.2, 0.25) is 0 Å². The van der Waals surface area contributed by atoms with Gasteiger partial charge in [-0.3, -0.25) is 0 Å². The monoisotopic (exact) mass is 711 g/mol. The summed E-state index contributed by atoms with van der Waals surface area (Å²) in [6, 6.07) is 0. The molecule has 10 nitrogen and oxygen atoms in total. The first-order valence-electron chi connectivity index (χ1n) is 20.1. The van der Waals surface area contributed by atoms with Gasteiger partial charge in [0, 0.05) is 49.5 Å². The van der Waals surface area contributed by atoms with Crippen LogP contribution < -0.4 is 5.32 Å². The highest BCUT2D eigenvalue weighted by molar-refractivity contribution is 5.87. The second kappa shape index (κ2) is 12.7. The van der Waals surface area contributed by atoms with Crippen molar-refractivity contribution in [3.8, 4) is 0 Å². The summed E-state index contributed by atoms with van der Waals surface area (Å²) in [6.07, 6.45) is 10.4. The van der Waals surface area contributed by atoms with Crippen molar-refractivity contribution in [3.05, 3.63) is 23.3 Å². The number of carbonyl (C=O) groups is 2. The van der Waals surface area contributed by atoms with Crippen LogP contribution in [0.5, 0.6) is 0 Å². The first kappa shape index (κ1) is 36.3. The molecule has 0 bridgehead atoms. The molecule has 6 saturated carbocycles. The maximum atomic E-state index is 13.8. The number of rotatable bonds is 9. The van der Waals surface area contributed by atoms with Crippen molar-refractivity contribution < 1.29 is 44.6 Å². The lowest BCUT2D eigenvalue weighted by Gasteiger charge is -2.72. The molecule has 8 aliphatic rings. The molecule has 0 saturated heterocycles. The van der Waals surface area contributed by atoms with E-state index in [1.807, 2.05) is 6.92 Å². The summed E-state index contributed by atoms with van der Waals surface area (Å²) < 4.78 is 11.1. The van der Waals surface area contributed by atoms with E-state index in [2.05, 4.69) is 18.3 Å². The third-order valence-corrected chi connectivity index (χ3v) is 16.9. The fourth-order valence-electron chi connectivity index (χ4n) is 14.5. The highest BCUT2D eigenvalue weighted by Gasteiger charge is 2.84. The topological polar surface area (TPSA) is 166 Å². The zero-order valence-electron chi connectivity index (χ0n) is 30.8. The zero-order valence-corrected chi connectivity index (χ0v) is 30.8. The van der Waals surface area contributed by atoms with Crippen molar-refractivity contribution in [3.63, 3.8) is 0 Å². The van der Waals surface area contributed by atoms with Crippen LogP contribution in [0.15, 0.2) is 23.3 Å². The second-order valence-corrected chi connectivity index (χ2v) is 18.5. The summed E-state index contributed by atoms with van der Waals surface area (Å²) in [4.78, 5) is 26.7. The van der Waals surface area contributed by atoms with E-state index in [1.165, 1.54) is 12.8 Å². The third-order valence-electron chi connectivity index (χ3n) is 16.9.